The Morgan fingerprint density at radius 1 is 1.29 bits per heavy atom. The first kappa shape index (κ1) is 9.56. The lowest BCUT2D eigenvalue weighted by atomic mass is 9.91. The first-order chi connectivity index (χ1) is 6.59. The van der Waals surface area contributed by atoms with Crippen molar-refractivity contribution >= 4 is 34.5 Å². The van der Waals surface area contributed by atoms with E-state index in [2.05, 4.69) is 0 Å². The van der Waals surface area contributed by atoms with Crippen molar-refractivity contribution in [2.24, 2.45) is 0 Å². The van der Waals surface area contributed by atoms with Gasteiger partial charge in [0.15, 0.2) is 5.78 Å². The molecule has 0 N–H and O–H groups in total. The van der Waals surface area contributed by atoms with Crippen molar-refractivity contribution in [3.63, 3.8) is 0 Å². The largest absolute Gasteiger partial charge is 0.289 e. The molecule has 0 atom stereocenters. The van der Waals surface area contributed by atoms with E-state index in [0.29, 0.717) is 10.6 Å². The maximum Gasteiger partial charge on any atom is 0.186 e. The molecule has 0 unspecified atom stereocenters. The molecular formula is C11H7ClOS. The quantitative estimate of drug-likeness (QED) is 0.627. The van der Waals surface area contributed by atoms with Gasteiger partial charge in [-0.05, 0) is 30.7 Å². The van der Waals surface area contributed by atoms with Crippen molar-refractivity contribution in [1.29, 1.82) is 0 Å². The molecule has 1 aliphatic carbocycles. The van der Waals surface area contributed by atoms with Crippen molar-refractivity contribution in [2.45, 2.75) is 6.92 Å². The molecule has 70 valence electrons. The molecule has 1 aromatic rings. The minimum atomic E-state index is -0.0198. The molecular weight excluding hydrogens is 216 g/mol. The average Bonchev–Trinajstić information content (AvgIpc) is 2.14. The number of rotatable bonds is 0. The molecule has 3 heteroatoms. The van der Waals surface area contributed by atoms with Crippen LogP contribution < -0.4 is 0 Å². The summed E-state index contributed by atoms with van der Waals surface area (Å²) < 4.78 is 0. The number of carbonyl (C=O) groups is 1. The molecule has 1 aromatic carbocycles. The molecule has 0 aromatic heterocycles. The number of thiocarbonyl (C=S) groups is 1. The fraction of sp³-hybridized carbons (Fsp3) is 0.0909. The van der Waals surface area contributed by atoms with Gasteiger partial charge in [0.05, 0.1) is 0 Å². The highest BCUT2D eigenvalue weighted by Crippen LogP contribution is 2.24. The molecule has 0 saturated carbocycles. The van der Waals surface area contributed by atoms with Gasteiger partial charge in [0.2, 0.25) is 0 Å². The number of carbonyl (C=O) groups excluding carboxylic acids is 1. The summed E-state index contributed by atoms with van der Waals surface area (Å²) in [6.45, 7) is 1.85. The Morgan fingerprint density at radius 2 is 2.00 bits per heavy atom. The predicted octanol–water partition coefficient (Wildman–Crippen LogP) is 3.20. The lowest BCUT2D eigenvalue weighted by Crippen LogP contribution is -2.14. The van der Waals surface area contributed by atoms with Crippen LogP contribution in [0.1, 0.15) is 22.8 Å². The Hall–Kier alpha value is -0.990. The van der Waals surface area contributed by atoms with Gasteiger partial charge in [-0.3, -0.25) is 4.79 Å². The Morgan fingerprint density at radius 3 is 2.71 bits per heavy atom. The maximum absolute atomic E-state index is 11.6. The topological polar surface area (TPSA) is 17.1 Å². The maximum atomic E-state index is 11.6. The zero-order valence-electron chi connectivity index (χ0n) is 7.50. The van der Waals surface area contributed by atoms with E-state index in [1.54, 1.807) is 24.3 Å². The van der Waals surface area contributed by atoms with Crippen LogP contribution in [0.4, 0.5) is 0 Å². The third-order valence-corrected chi connectivity index (χ3v) is 2.97. The molecule has 2 rings (SSSR count). The average molecular weight is 223 g/mol. The van der Waals surface area contributed by atoms with Gasteiger partial charge in [0.25, 0.3) is 0 Å². The van der Waals surface area contributed by atoms with E-state index in [4.69, 9.17) is 23.8 Å². The Bertz CT molecular complexity index is 474. The second-order valence-corrected chi connectivity index (χ2v) is 4.06. The third kappa shape index (κ3) is 1.41. The molecule has 1 nitrogen and oxygen atoms in total. The first-order valence-corrected chi connectivity index (χ1v) is 4.95. The summed E-state index contributed by atoms with van der Waals surface area (Å²) >= 11 is 11.0. The van der Waals surface area contributed by atoms with Gasteiger partial charge in [-0.15, -0.1) is 0 Å². The van der Waals surface area contributed by atoms with Gasteiger partial charge in [-0.25, -0.2) is 0 Å². The molecule has 0 spiro atoms. The van der Waals surface area contributed by atoms with Crippen LogP contribution in [0, 0.1) is 0 Å². The van der Waals surface area contributed by atoms with Crippen molar-refractivity contribution in [3.8, 4) is 0 Å². The van der Waals surface area contributed by atoms with E-state index in [1.165, 1.54) is 0 Å². The molecule has 0 saturated heterocycles. The Labute approximate surface area is 92.4 Å². The van der Waals surface area contributed by atoms with Crippen molar-refractivity contribution < 1.29 is 4.79 Å². The van der Waals surface area contributed by atoms with E-state index in [9.17, 15) is 4.79 Å². The van der Waals surface area contributed by atoms with E-state index >= 15 is 0 Å². The highest BCUT2D eigenvalue weighted by molar-refractivity contribution is 7.81. The summed E-state index contributed by atoms with van der Waals surface area (Å²) in [4.78, 5) is 12.3. The SMILES string of the molecule is CC1=CC(=O)c2cc(Cl)ccc2C1=S. The number of allylic oxidation sites excluding steroid dienone is 2. The lowest BCUT2D eigenvalue weighted by Gasteiger charge is -2.14. The number of hydrogen-bond donors (Lipinski definition) is 0. The zero-order chi connectivity index (χ0) is 10.3. The molecule has 14 heavy (non-hydrogen) atoms. The summed E-state index contributed by atoms with van der Waals surface area (Å²) in [6.07, 6.45) is 1.56. The second kappa shape index (κ2) is 3.30. The van der Waals surface area contributed by atoms with Gasteiger partial charge < -0.3 is 0 Å². The fourth-order valence-electron chi connectivity index (χ4n) is 1.47. The van der Waals surface area contributed by atoms with E-state index in [1.807, 2.05) is 6.92 Å². The number of fused-ring (bicyclic) bond motifs is 1. The molecule has 0 fully saturated rings. The van der Waals surface area contributed by atoms with Gasteiger partial charge in [-0.2, -0.15) is 0 Å². The standard InChI is InChI=1S/C11H7ClOS/c1-6-4-10(13)9-5-7(12)2-3-8(9)11(6)14/h2-5H,1H3. The van der Waals surface area contributed by atoms with Crippen LogP contribution in [0.15, 0.2) is 29.8 Å². The highest BCUT2D eigenvalue weighted by Gasteiger charge is 2.19. The summed E-state index contributed by atoms with van der Waals surface area (Å²) in [5.41, 5.74) is 2.27. The highest BCUT2D eigenvalue weighted by atomic mass is 35.5. The van der Waals surface area contributed by atoms with Gasteiger partial charge in [0.1, 0.15) is 0 Å². The van der Waals surface area contributed by atoms with Crippen LogP contribution in [0.2, 0.25) is 5.02 Å². The normalized spacial score (nSPS) is 15.1. The number of ketones is 1. The van der Waals surface area contributed by atoms with Crippen LogP contribution in [0.5, 0.6) is 0 Å². The summed E-state index contributed by atoms with van der Waals surface area (Å²) in [5.74, 6) is -0.0198. The van der Waals surface area contributed by atoms with Crippen LogP contribution in [0.3, 0.4) is 0 Å². The summed E-state index contributed by atoms with van der Waals surface area (Å²) in [5, 5.41) is 0.563. The second-order valence-electron chi connectivity index (χ2n) is 3.21. The van der Waals surface area contributed by atoms with Crippen molar-refractivity contribution in [2.75, 3.05) is 0 Å². The van der Waals surface area contributed by atoms with Crippen LogP contribution in [-0.4, -0.2) is 10.6 Å². The van der Waals surface area contributed by atoms with E-state index in [-0.39, 0.29) is 5.78 Å². The van der Waals surface area contributed by atoms with Gasteiger partial charge in [-0.1, -0.05) is 29.9 Å². The molecule has 0 radical (unpaired) electrons. The predicted molar refractivity (Wildman–Crippen MR) is 61.2 cm³/mol. The molecule has 0 amide bonds. The third-order valence-electron chi connectivity index (χ3n) is 2.20. The van der Waals surface area contributed by atoms with E-state index in [0.717, 1.165) is 16.0 Å². The molecule has 0 heterocycles. The Kier molecular flexibility index (Phi) is 2.25. The molecule has 0 aliphatic heterocycles. The Balaban J connectivity index is 2.69. The van der Waals surface area contributed by atoms with Crippen LogP contribution >= 0.6 is 23.8 Å². The van der Waals surface area contributed by atoms with Crippen molar-refractivity contribution in [3.05, 3.63) is 46.0 Å². The smallest absolute Gasteiger partial charge is 0.186 e. The minimum absolute atomic E-state index is 0.0198. The van der Waals surface area contributed by atoms with Crippen LogP contribution in [-0.2, 0) is 0 Å². The van der Waals surface area contributed by atoms with Gasteiger partial charge >= 0.3 is 0 Å². The zero-order valence-corrected chi connectivity index (χ0v) is 9.08. The minimum Gasteiger partial charge on any atom is -0.289 e. The fourth-order valence-corrected chi connectivity index (χ4v) is 1.88. The summed E-state index contributed by atoms with van der Waals surface area (Å²) in [7, 11) is 0. The van der Waals surface area contributed by atoms with Crippen molar-refractivity contribution in [1.82, 2.24) is 0 Å². The first-order valence-electron chi connectivity index (χ1n) is 4.16. The monoisotopic (exact) mass is 222 g/mol. The number of hydrogen-bond acceptors (Lipinski definition) is 2. The van der Waals surface area contributed by atoms with E-state index < -0.39 is 0 Å². The molecule has 0 bridgehead atoms. The number of halogens is 1. The summed E-state index contributed by atoms with van der Waals surface area (Å²) in [6, 6.07) is 5.21. The lowest BCUT2D eigenvalue weighted by molar-refractivity contribution is 0.104. The number of benzene rings is 1. The molecule has 1 aliphatic rings. The van der Waals surface area contributed by atoms with Gasteiger partial charge in [0, 0.05) is 21.0 Å². The van der Waals surface area contributed by atoms with Crippen LogP contribution in [0.25, 0.3) is 0 Å².